The van der Waals surface area contributed by atoms with E-state index in [1.807, 2.05) is 24.3 Å². The van der Waals surface area contributed by atoms with Gasteiger partial charge in [0.25, 0.3) is 15.9 Å². The molecule has 0 fully saturated rings. The standard InChI is InChI=1S/C24H25FN2O3S/c1-3-4-8-18-13-15-20(16-14-18)26-24(28)19-9-7-10-21(17-19)31(29,30)27(2)23-12-6-5-11-22(23)25/h5-7,9-17H,3-4,8H2,1-2H3,(H,26,28). The zero-order chi connectivity index (χ0) is 22.4. The van der Waals surface area contributed by atoms with Gasteiger partial charge in [0.2, 0.25) is 0 Å². The van der Waals surface area contributed by atoms with E-state index < -0.39 is 21.7 Å². The molecule has 1 N–H and O–H groups in total. The van der Waals surface area contributed by atoms with Crippen molar-refractivity contribution in [3.63, 3.8) is 0 Å². The number of sulfonamides is 1. The molecule has 0 aliphatic rings. The first kappa shape index (κ1) is 22.5. The molecule has 0 bridgehead atoms. The van der Waals surface area contributed by atoms with E-state index in [1.54, 1.807) is 6.07 Å². The minimum Gasteiger partial charge on any atom is -0.322 e. The van der Waals surface area contributed by atoms with E-state index in [1.165, 1.54) is 55.1 Å². The van der Waals surface area contributed by atoms with Crippen molar-refractivity contribution in [2.75, 3.05) is 16.7 Å². The van der Waals surface area contributed by atoms with Crippen molar-refractivity contribution < 1.29 is 17.6 Å². The Morgan fingerprint density at radius 1 is 1.00 bits per heavy atom. The van der Waals surface area contributed by atoms with Crippen LogP contribution in [0.2, 0.25) is 0 Å². The number of nitrogens with zero attached hydrogens (tertiary/aromatic N) is 1. The topological polar surface area (TPSA) is 66.5 Å². The Morgan fingerprint density at radius 3 is 2.39 bits per heavy atom. The van der Waals surface area contributed by atoms with Gasteiger partial charge in [-0.2, -0.15) is 0 Å². The third-order valence-corrected chi connectivity index (χ3v) is 6.74. The van der Waals surface area contributed by atoms with Gasteiger partial charge in [-0.1, -0.05) is 43.7 Å². The zero-order valence-electron chi connectivity index (χ0n) is 17.5. The Hall–Kier alpha value is -3.19. The van der Waals surface area contributed by atoms with Crippen molar-refractivity contribution in [3.05, 3.63) is 89.7 Å². The van der Waals surface area contributed by atoms with Crippen LogP contribution in [0.5, 0.6) is 0 Å². The highest BCUT2D eigenvalue weighted by atomic mass is 32.2. The largest absolute Gasteiger partial charge is 0.322 e. The quantitative estimate of drug-likeness (QED) is 0.521. The maximum atomic E-state index is 14.1. The predicted molar refractivity (Wildman–Crippen MR) is 121 cm³/mol. The molecule has 0 unspecified atom stereocenters. The molecule has 0 spiro atoms. The van der Waals surface area contributed by atoms with E-state index in [9.17, 15) is 17.6 Å². The monoisotopic (exact) mass is 440 g/mol. The number of nitrogens with one attached hydrogen (secondary N) is 1. The number of aryl methyl sites for hydroxylation is 1. The number of hydrogen-bond acceptors (Lipinski definition) is 3. The Bertz CT molecular complexity index is 1160. The van der Waals surface area contributed by atoms with Crippen LogP contribution in [0.3, 0.4) is 0 Å². The van der Waals surface area contributed by atoms with Crippen molar-refractivity contribution in [1.29, 1.82) is 0 Å². The second-order valence-electron chi connectivity index (χ2n) is 7.21. The number of carbonyl (C=O) groups excluding carboxylic acids is 1. The average Bonchev–Trinajstić information content (AvgIpc) is 2.78. The van der Waals surface area contributed by atoms with Crippen LogP contribution in [-0.4, -0.2) is 21.4 Å². The molecule has 0 heterocycles. The Kier molecular flexibility index (Phi) is 7.07. The fraction of sp³-hybridized carbons (Fsp3) is 0.208. The third kappa shape index (κ3) is 5.30. The van der Waals surface area contributed by atoms with Gasteiger partial charge in [0.15, 0.2) is 0 Å². The van der Waals surface area contributed by atoms with Crippen molar-refractivity contribution in [3.8, 4) is 0 Å². The van der Waals surface area contributed by atoms with Crippen LogP contribution in [0.15, 0.2) is 77.7 Å². The highest BCUT2D eigenvalue weighted by Gasteiger charge is 2.24. The summed E-state index contributed by atoms with van der Waals surface area (Å²) >= 11 is 0. The van der Waals surface area contributed by atoms with Gasteiger partial charge in [0, 0.05) is 18.3 Å². The van der Waals surface area contributed by atoms with Gasteiger partial charge >= 0.3 is 0 Å². The predicted octanol–water partition coefficient (Wildman–Crippen LogP) is 5.25. The number of rotatable bonds is 8. The number of para-hydroxylation sites is 1. The number of halogens is 1. The van der Waals surface area contributed by atoms with Crippen LogP contribution >= 0.6 is 0 Å². The molecule has 3 rings (SSSR count). The molecule has 31 heavy (non-hydrogen) atoms. The van der Waals surface area contributed by atoms with Gasteiger partial charge in [0.1, 0.15) is 5.82 Å². The molecule has 0 saturated carbocycles. The van der Waals surface area contributed by atoms with Crippen LogP contribution in [0.1, 0.15) is 35.7 Å². The number of benzene rings is 3. The summed E-state index contributed by atoms with van der Waals surface area (Å²) in [5.41, 5.74) is 1.95. The second kappa shape index (κ2) is 9.75. The summed E-state index contributed by atoms with van der Waals surface area (Å²) in [6.45, 7) is 2.14. The summed E-state index contributed by atoms with van der Waals surface area (Å²) < 4.78 is 40.9. The Morgan fingerprint density at radius 2 is 1.71 bits per heavy atom. The Labute approximate surface area is 182 Å². The molecule has 162 valence electrons. The molecule has 0 aliphatic carbocycles. The second-order valence-corrected chi connectivity index (χ2v) is 9.18. The minimum absolute atomic E-state index is 0.0690. The van der Waals surface area contributed by atoms with E-state index in [0.29, 0.717) is 5.69 Å². The highest BCUT2D eigenvalue weighted by Crippen LogP contribution is 2.25. The summed E-state index contributed by atoms with van der Waals surface area (Å²) in [7, 11) is -2.77. The molecule has 0 aliphatic heterocycles. The van der Waals surface area contributed by atoms with Crippen molar-refractivity contribution in [2.45, 2.75) is 31.1 Å². The van der Waals surface area contributed by atoms with Crippen LogP contribution in [-0.2, 0) is 16.4 Å². The maximum absolute atomic E-state index is 14.1. The summed E-state index contributed by atoms with van der Waals surface area (Å²) in [4.78, 5) is 12.6. The van der Waals surface area contributed by atoms with Gasteiger partial charge in [0.05, 0.1) is 10.6 Å². The summed E-state index contributed by atoms with van der Waals surface area (Å²) in [6, 6.07) is 18.9. The molecule has 0 saturated heterocycles. The molecular weight excluding hydrogens is 415 g/mol. The summed E-state index contributed by atoms with van der Waals surface area (Å²) in [5, 5.41) is 2.78. The number of carbonyl (C=O) groups is 1. The van der Waals surface area contributed by atoms with Crippen molar-refractivity contribution in [1.82, 2.24) is 0 Å². The molecule has 1 amide bonds. The third-order valence-electron chi connectivity index (χ3n) is 4.98. The van der Waals surface area contributed by atoms with Gasteiger partial charge in [-0.3, -0.25) is 9.10 Å². The first-order chi connectivity index (χ1) is 14.8. The zero-order valence-corrected chi connectivity index (χ0v) is 18.3. The van der Waals surface area contributed by atoms with Crippen molar-refractivity contribution >= 4 is 27.3 Å². The first-order valence-corrected chi connectivity index (χ1v) is 11.5. The molecule has 3 aromatic rings. The molecule has 3 aromatic carbocycles. The van der Waals surface area contributed by atoms with Crippen LogP contribution < -0.4 is 9.62 Å². The van der Waals surface area contributed by atoms with Crippen LogP contribution in [0.4, 0.5) is 15.8 Å². The minimum atomic E-state index is -4.04. The summed E-state index contributed by atoms with van der Waals surface area (Å²) in [6.07, 6.45) is 3.21. The number of amides is 1. The van der Waals surface area contributed by atoms with E-state index in [2.05, 4.69) is 12.2 Å². The molecule has 0 aromatic heterocycles. The number of unbranched alkanes of at least 4 members (excludes halogenated alkanes) is 1. The van der Waals surface area contributed by atoms with E-state index in [0.717, 1.165) is 23.6 Å². The molecule has 0 radical (unpaired) electrons. The van der Waals surface area contributed by atoms with Crippen LogP contribution in [0, 0.1) is 5.82 Å². The fourth-order valence-corrected chi connectivity index (χ4v) is 4.38. The van der Waals surface area contributed by atoms with Gasteiger partial charge in [-0.15, -0.1) is 0 Å². The average molecular weight is 441 g/mol. The van der Waals surface area contributed by atoms with Gasteiger partial charge in [-0.25, -0.2) is 12.8 Å². The van der Waals surface area contributed by atoms with E-state index >= 15 is 0 Å². The van der Waals surface area contributed by atoms with Crippen molar-refractivity contribution in [2.24, 2.45) is 0 Å². The SMILES string of the molecule is CCCCc1ccc(NC(=O)c2cccc(S(=O)(=O)N(C)c3ccccc3F)c2)cc1. The number of anilines is 2. The van der Waals surface area contributed by atoms with Crippen LogP contribution in [0.25, 0.3) is 0 Å². The highest BCUT2D eigenvalue weighted by molar-refractivity contribution is 7.92. The van der Waals surface area contributed by atoms with Gasteiger partial charge < -0.3 is 5.32 Å². The maximum Gasteiger partial charge on any atom is 0.264 e. The van der Waals surface area contributed by atoms with E-state index in [4.69, 9.17) is 0 Å². The lowest BCUT2D eigenvalue weighted by Crippen LogP contribution is -2.27. The lowest BCUT2D eigenvalue weighted by Gasteiger charge is -2.20. The van der Waals surface area contributed by atoms with Gasteiger partial charge in [-0.05, 0) is 60.9 Å². The number of hydrogen-bond donors (Lipinski definition) is 1. The summed E-state index contributed by atoms with van der Waals surface area (Å²) in [5.74, 6) is -1.07. The lowest BCUT2D eigenvalue weighted by molar-refractivity contribution is 0.102. The van der Waals surface area contributed by atoms with E-state index in [-0.39, 0.29) is 16.1 Å². The molecule has 7 heteroatoms. The Balaban J connectivity index is 1.79. The normalized spacial score (nSPS) is 11.2. The fourth-order valence-electron chi connectivity index (χ4n) is 3.13. The lowest BCUT2D eigenvalue weighted by atomic mass is 10.1. The molecule has 0 atom stereocenters. The molecular formula is C24H25FN2O3S. The smallest absolute Gasteiger partial charge is 0.264 e. The molecule has 5 nitrogen and oxygen atoms in total. The first-order valence-electron chi connectivity index (χ1n) is 10.1.